The summed E-state index contributed by atoms with van der Waals surface area (Å²) in [6.45, 7) is 0. The molecule has 1 atom stereocenters. The van der Waals surface area contributed by atoms with Crippen LogP contribution < -0.4 is 4.90 Å². The molecule has 0 spiro atoms. The van der Waals surface area contributed by atoms with Crippen molar-refractivity contribution >= 4 is 5.69 Å². The summed E-state index contributed by atoms with van der Waals surface area (Å²) in [7, 11) is 0. The zero-order valence-electron chi connectivity index (χ0n) is 10.4. The van der Waals surface area contributed by atoms with Gasteiger partial charge in [-0.2, -0.15) is 0 Å². The van der Waals surface area contributed by atoms with Crippen LogP contribution in [-0.4, -0.2) is 0 Å². The van der Waals surface area contributed by atoms with E-state index in [1.54, 1.807) is 0 Å². The Labute approximate surface area is 108 Å². The fourth-order valence-corrected chi connectivity index (χ4v) is 2.55. The van der Waals surface area contributed by atoms with E-state index in [2.05, 4.69) is 77.8 Å². The zero-order valence-corrected chi connectivity index (χ0v) is 10.4. The Morgan fingerprint density at radius 3 is 2.22 bits per heavy atom. The highest BCUT2D eigenvalue weighted by molar-refractivity contribution is 5.52. The quantitative estimate of drug-likeness (QED) is 0.738. The van der Waals surface area contributed by atoms with E-state index in [9.17, 15) is 0 Å². The molecular weight excluding hydrogens is 218 g/mol. The Morgan fingerprint density at radius 1 is 0.833 bits per heavy atom. The highest BCUT2D eigenvalue weighted by atomic mass is 15.1. The van der Waals surface area contributed by atoms with Gasteiger partial charge in [-0.05, 0) is 30.5 Å². The monoisotopic (exact) mass is 235 g/mol. The van der Waals surface area contributed by atoms with Crippen molar-refractivity contribution in [3.8, 4) is 0 Å². The van der Waals surface area contributed by atoms with Crippen LogP contribution in [0.15, 0.2) is 72.9 Å². The van der Waals surface area contributed by atoms with E-state index >= 15 is 0 Å². The molecule has 3 rings (SSSR count). The van der Waals surface area contributed by atoms with Crippen LogP contribution >= 0.6 is 0 Å². The number of anilines is 1. The number of hydrogen-bond acceptors (Lipinski definition) is 1. The van der Waals surface area contributed by atoms with Gasteiger partial charge >= 0.3 is 0 Å². The second-order valence-electron chi connectivity index (χ2n) is 4.63. The van der Waals surface area contributed by atoms with Crippen molar-refractivity contribution in [3.63, 3.8) is 0 Å². The molecule has 1 aliphatic heterocycles. The minimum atomic E-state index is 0.457. The Kier molecular flexibility index (Phi) is 3.14. The minimum Gasteiger partial charge on any atom is -0.341 e. The summed E-state index contributed by atoms with van der Waals surface area (Å²) in [4.78, 5) is 2.37. The molecule has 0 N–H and O–H groups in total. The van der Waals surface area contributed by atoms with Crippen molar-refractivity contribution in [3.05, 3.63) is 78.5 Å². The van der Waals surface area contributed by atoms with Crippen LogP contribution in [0.5, 0.6) is 0 Å². The maximum atomic E-state index is 2.37. The summed E-state index contributed by atoms with van der Waals surface area (Å²) in [5.74, 6) is 0. The molecule has 1 nitrogen and oxygen atoms in total. The lowest BCUT2D eigenvalue weighted by molar-refractivity contribution is 0.613. The third kappa shape index (κ3) is 2.17. The molecule has 0 amide bonds. The van der Waals surface area contributed by atoms with Crippen LogP contribution in [0, 0.1) is 0 Å². The van der Waals surface area contributed by atoms with Gasteiger partial charge < -0.3 is 4.90 Å². The topological polar surface area (TPSA) is 3.24 Å². The second kappa shape index (κ2) is 5.09. The lowest BCUT2D eigenvalue weighted by Gasteiger charge is -2.33. The molecule has 1 heteroatoms. The summed E-state index contributed by atoms with van der Waals surface area (Å²) < 4.78 is 0. The zero-order chi connectivity index (χ0) is 12.2. The van der Waals surface area contributed by atoms with E-state index in [1.807, 2.05) is 0 Å². The predicted molar refractivity (Wildman–Crippen MR) is 76.5 cm³/mol. The molecule has 90 valence electrons. The summed E-state index contributed by atoms with van der Waals surface area (Å²) in [6, 6.07) is 21.8. The molecule has 0 saturated carbocycles. The third-order valence-electron chi connectivity index (χ3n) is 3.45. The van der Waals surface area contributed by atoms with Crippen molar-refractivity contribution in [2.75, 3.05) is 4.90 Å². The fraction of sp³-hybridized carbons (Fsp3) is 0.176. The van der Waals surface area contributed by atoms with Crippen molar-refractivity contribution in [2.45, 2.75) is 18.9 Å². The van der Waals surface area contributed by atoms with Crippen molar-refractivity contribution in [1.82, 2.24) is 0 Å². The lowest BCUT2D eigenvalue weighted by Crippen LogP contribution is -2.25. The van der Waals surface area contributed by atoms with E-state index in [0.717, 1.165) is 6.42 Å². The fourth-order valence-electron chi connectivity index (χ4n) is 2.55. The van der Waals surface area contributed by atoms with Gasteiger partial charge in [0, 0.05) is 11.9 Å². The Bertz CT molecular complexity index is 516. The largest absolute Gasteiger partial charge is 0.341 e. The highest BCUT2D eigenvalue weighted by Gasteiger charge is 2.20. The molecule has 0 saturated heterocycles. The van der Waals surface area contributed by atoms with Gasteiger partial charge in [-0.1, -0.05) is 54.6 Å². The second-order valence-corrected chi connectivity index (χ2v) is 4.63. The molecule has 1 unspecified atom stereocenters. The van der Waals surface area contributed by atoms with Crippen LogP contribution in [-0.2, 0) is 0 Å². The average Bonchev–Trinajstić information content (AvgIpc) is 2.49. The smallest absolute Gasteiger partial charge is 0.0588 e. The summed E-state index contributed by atoms with van der Waals surface area (Å²) in [6.07, 6.45) is 6.81. The number of nitrogens with zero attached hydrogens (tertiary/aromatic N) is 1. The lowest BCUT2D eigenvalue weighted by atomic mass is 9.97. The first-order valence-corrected chi connectivity index (χ1v) is 6.50. The van der Waals surface area contributed by atoms with Crippen LogP contribution in [0.3, 0.4) is 0 Å². The molecule has 0 aliphatic carbocycles. The van der Waals surface area contributed by atoms with Gasteiger partial charge in [-0.25, -0.2) is 0 Å². The Hall–Kier alpha value is -2.02. The van der Waals surface area contributed by atoms with Crippen LogP contribution in [0.25, 0.3) is 0 Å². The standard InChI is InChI=1S/C17H17N/c1-3-9-15(10-4-1)17-13-7-8-14-18(17)16-11-5-2-6-12-16/h1-6,8-12,14,17H,7,13H2. The molecule has 18 heavy (non-hydrogen) atoms. The van der Waals surface area contributed by atoms with Crippen LogP contribution in [0.1, 0.15) is 24.4 Å². The van der Waals surface area contributed by atoms with Gasteiger partial charge in [-0.15, -0.1) is 0 Å². The average molecular weight is 235 g/mol. The minimum absolute atomic E-state index is 0.457. The highest BCUT2D eigenvalue weighted by Crippen LogP contribution is 2.33. The Morgan fingerprint density at radius 2 is 1.50 bits per heavy atom. The maximum Gasteiger partial charge on any atom is 0.0588 e. The number of benzene rings is 2. The molecule has 1 heterocycles. The van der Waals surface area contributed by atoms with Gasteiger partial charge in [0.05, 0.1) is 6.04 Å². The first-order chi connectivity index (χ1) is 8.95. The van der Waals surface area contributed by atoms with Gasteiger partial charge in [-0.3, -0.25) is 0 Å². The molecule has 0 bridgehead atoms. The van der Waals surface area contributed by atoms with Crippen molar-refractivity contribution < 1.29 is 0 Å². The number of para-hydroxylation sites is 1. The Balaban J connectivity index is 1.96. The summed E-state index contributed by atoms with van der Waals surface area (Å²) in [5.41, 5.74) is 2.66. The van der Waals surface area contributed by atoms with Crippen LogP contribution in [0.4, 0.5) is 5.69 Å². The summed E-state index contributed by atoms with van der Waals surface area (Å²) >= 11 is 0. The molecule has 1 aliphatic rings. The molecule has 0 fully saturated rings. The number of rotatable bonds is 2. The maximum absolute atomic E-state index is 2.37. The van der Waals surface area contributed by atoms with Crippen molar-refractivity contribution in [2.24, 2.45) is 0 Å². The van der Waals surface area contributed by atoms with E-state index in [4.69, 9.17) is 0 Å². The number of hydrogen-bond donors (Lipinski definition) is 0. The van der Waals surface area contributed by atoms with E-state index < -0.39 is 0 Å². The molecule has 0 radical (unpaired) electrons. The number of allylic oxidation sites excluding steroid dienone is 1. The molecule has 2 aromatic rings. The van der Waals surface area contributed by atoms with Gasteiger partial charge in [0.2, 0.25) is 0 Å². The SMILES string of the molecule is C1=CN(c2ccccc2)C(c2ccccc2)CC1. The summed E-state index contributed by atoms with van der Waals surface area (Å²) in [5, 5.41) is 0. The third-order valence-corrected chi connectivity index (χ3v) is 3.45. The molecule has 2 aromatic carbocycles. The first kappa shape index (κ1) is 11.1. The van der Waals surface area contributed by atoms with Gasteiger partial charge in [0.25, 0.3) is 0 Å². The molecular formula is C17H17N. The van der Waals surface area contributed by atoms with Gasteiger partial charge in [0.15, 0.2) is 0 Å². The van der Waals surface area contributed by atoms with E-state index in [-0.39, 0.29) is 0 Å². The normalized spacial score (nSPS) is 18.9. The predicted octanol–water partition coefficient (Wildman–Crippen LogP) is 4.54. The molecule has 0 aromatic heterocycles. The van der Waals surface area contributed by atoms with Crippen LogP contribution in [0.2, 0.25) is 0 Å². The van der Waals surface area contributed by atoms with Crippen molar-refractivity contribution in [1.29, 1.82) is 0 Å². The van der Waals surface area contributed by atoms with E-state index in [0.29, 0.717) is 6.04 Å². The van der Waals surface area contributed by atoms with Gasteiger partial charge in [0.1, 0.15) is 0 Å². The first-order valence-electron chi connectivity index (χ1n) is 6.50. The van der Waals surface area contributed by atoms with E-state index in [1.165, 1.54) is 17.7 Å².